The molecule has 9 heteroatoms. The van der Waals surface area contributed by atoms with Gasteiger partial charge in [0, 0.05) is 5.02 Å². The molecule has 0 aliphatic rings. The Balaban J connectivity index is 2.97. The third kappa shape index (κ3) is 4.51. The number of nitrogens with two attached hydrogens (primary N) is 1. The molecule has 1 rings (SSSR count). The lowest BCUT2D eigenvalue weighted by Crippen LogP contribution is -2.43. The molecule has 19 heavy (non-hydrogen) atoms. The highest BCUT2D eigenvalue weighted by molar-refractivity contribution is 7.89. The van der Waals surface area contributed by atoms with E-state index in [1.807, 2.05) is 4.72 Å². The van der Waals surface area contributed by atoms with Gasteiger partial charge in [-0.3, -0.25) is 9.59 Å². The molecule has 0 fully saturated rings. The zero-order valence-corrected chi connectivity index (χ0v) is 11.1. The summed E-state index contributed by atoms with van der Waals surface area (Å²) in [6, 6.07) is 3.51. The summed E-state index contributed by atoms with van der Waals surface area (Å²) < 4.78 is 25.6. The maximum atomic E-state index is 11.9. The van der Waals surface area contributed by atoms with Gasteiger partial charge in [0.25, 0.3) is 0 Å². The van der Waals surface area contributed by atoms with Crippen molar-refractivity contribution in [2.24, 2.45) is 5.73 Å². The lowest BCUT2D eigenvalue weighted by molar-refractivity contribution is -0.140. The zero-order valence-electron chi connectivity index (χ0n) is 9.54. The maximum Gasteiger partial charge on any atom is 0.322 e. The van der Waals surface area contributed by atoms with Crippen molar-refractivity contribution in [2.75, 3.05) is 0 Å². The monoisotopic (exact) mass is 306 g/mol. The van der Waals surface area contributed by atoms with Gasteiger partial charge in [0.15, 0.2) is 0 Å². The van der Waals surface area contributed by atoms with Gasteiger partial charge in [-0.25, -0.2) is 8.42 Å². The largest absolute Gasteiger partial charge is 0.480 e. The van der Waals surface area contributed by atoms with Gasteiger partial charge in [-0.2, -0.15) is 4.72 Å². The fraction of sp³-hybridized carbons (Fsp3) is 0.200. The predicted molar refractivity (Wildman–Crippen MR) is 67.0 cm³/mol. The minimum atomic E-state index is -4.06. The summed E-state index contributed by atoms with van der Waals surface area (Å²) in [5.74, 6) is -2.41. The number of sulfonamides is 1. The standard InChI is InChI=1S/C10H11ClN2O5S/c11-6-1-3-7(4-2-6)19(17,18)13-8(10(15)16)5-9(12)14/h1-4,8,13H,5H2,(H2,12,14)(H,15,16). The number of primary amides is 1. The van der Waals surface area contributed by atoms with Crippen LogP contribution < -0.4 is 10.5 Å². The molecule has 0 saturated carbocycles. The normalized spacial score (nSPS) is 12.9. The molecular weight excluding hydrogens is 296 g/mol. The van der Waals surface area contributed by atoms with Gasteiger partial charge in [0.05, 0.1) is 11.3 Å². The van der Waals surface area contributed by atoms with Crippen LogP contribution in [0.2, 0.25) is 5.02 Å². The summed E-state index contributed by atoms with van der Waals surface area (Å²) in [6.07, 6.45) is -0.637. The fourth-order valence-corrected chi connectivity index (χ4v) is 2.56. The first-order valence-electron chi connectivity index (χ1n) is 5.01. The number of carboxylic acid groups (broad SMARTS) is 1. The van der Waals surface area contributed by atoms with E-state index in [1.54, 1.807) is 0 Å². The van der Waals surface area contributed by atoms with E-state index in [4.69, 9.17) is 22.4 Å². The Morgan fingerprint density at radius 1 is 1.32 bits per heavy atom. The Morgan fingerprint density at radius 3 is 2.26 bits per heavy atom. The van der Waals surface area contributed by atoms with Crippen LogP contribution in [0.5, 0.6) is 0 Å². The van der Waals surface area contributed by atoms with Crippen LogP contribution in [-0.4, -0.2) is 31.4 Å². The quantitative estimate of drug-likeness (QED) is 0.679. The highest BCUT2D eigenvalue weighted by Crippen LogP contribution is 2.14. The van der Waals surface area contributed by atoms with Crippen molar-refractivity contribution in [2.45, 2.75) is 17.4 Å². The molecule has 0 heterocycles. The first-order chi connectivity index (χ1) is 8.72. The van der Waals surface area contributed by atoms with Crippen LogP contribution in [0.4, 0.5) is 0 Å². The first kappa shape index (κ1) is 15.4. The fourth-order valence-electron chi connectivity index (χ4n) is 1.25. The molecule has 1 aromatic rings. The van der Waals surface area contributed by atoms with Crippen LogP contribution in [-0.2, 0) is 19.6 Å². The number of benzene rings is 1. The smallest absolute Gasteiger partial charge is 0.322 e. The van der Waals surface area contributed by atoms with Crippen molar-refractivity contribution in [1.29, 1.82) is 0 Å². The maximum absolute atomic E-state index is 11.9. The van der Waals surface area contributed by atoms with Crippen LogP contribution in [0.25, 0.3) is 0 Å². The number of nitrogens with one attached hydrogen (secondary N) is 1. The Morgan fingerprint density at radius 2 is 1.84 bits per heavy atom. The Hall–Kier alpha value is -1.64. The number of rotatable bonds is 6. The van der Waals surface area contributed by atoms with Gasteiger partial charge in [-0.05, 0) is 24.3 Å². The average molecular weight is 307 g/mol. The van der Waals surface area contributed by atoms with Gasteiger partial charge in [-0.15, -0.1) is 0 Å². The first-order valence-corrected chi connectivity index (χ1v) is 6.87. The molecule has 1 atom stereocenters. The molecule has 0 aromatic heterocycles. The summed E-state index contributed by atoms with van der Waals surface area (Å²) >= 11 is 5.62. The lowest BCUT2D eigenvalue weighted by Gasteiger charge is -2.13. The van der Waals surface area contributed by atoms with E-state index in [1.165, 1.54) is 24.3 Å². The van der Waals surface area contributed by atoms with E-state index in [0.717, 1.165) is 0 Å². The van der Waals surface area contributed by atoms with Gasteiger partial charge in [-0.1, -0.05) is 11.6 Å². The van der Waals surface area contributed by atoms with E-state index in [0.29, 0.717) is 5.02 Å². The number of hydrogen-bond donors (Lipinski definition) is 3. The molecule has 7 nitrogen and oxygen atoms in total. The Kier molecular flexibility index (Phi) is 4.87. The van der Waals surface area contributed by atoms with Crippen LogP contribution in [0, 0.1) is 0 Å². The SMILES string of the molecule is NC(=O)CC(NS(=O)(=O)c1ccc(Cl)cc1)C(=O)O. The molecule has 0 bridgehead atoms. The molecule has 0 aliphatic carbocycles. The van der Waals surface area contributed by atoms with E-state index >= 15 is 0 Å². The van der Waals surface area contributed by atoms with Crippen molar-refractivity contribution in [3.05, 3.63) is 29.3 Å². The van der Waals surface area contributed by atoms with Crippen molar-refractivity contribution >= 4 is 33.5 Å². The second-order valence-corrected chi connectivity index (χ2v) is 5.79. The van der Waals surface area contributed by atoms with Gasteiger partial charge in [0.1, 0.15) is 6.04 Å². The molecule has 1 unspecified atom stereocenters. The Bertz CT molecular complexity index is 584. The van der Waals surface area contributed by atoms with Gasteiger partial charge >= 0.3 is 5.97 Å². The second-order valence-electron chi connectivity index (χ2n) is 3.64. The molecule has 0 saturated heterocycles. The average Bonchev–Trinajstić information content (AvgIpc) is 2.27. The van der Waals surface area contributed by atoms with Crippen molar-refractivity contribution in [3.8, 4) is 0 Å². The minimum absolute atomic E-state index is 0.160. The summed E-state index contributed by atoms with van der Waals surface area (Å²) in [5, 5.41) is 9.16. The molecule has 0 spiro atoms. The van der Waals surface area contributed by atoms with Gasteiger partial charge in [0.2, 0.25) is 15.9 Å². The van der Waals surface area contributed by atoms with Crippen LogP contribution in [0.1, 0.15) is 6.42 Å². The number of carboxylic acids is 1. The molecular formula is C10H11ClN2O5S. The van der Waals surface area contributed by atoms with Gasteiger partial charge < -0.3 is 10.8 Å². The number of amides is 1. The second kappa shape index (κ2) is 6.00. The predicted octanol–water partition coefficient (Wildman–Crippen LogP) is -0.0531. The van der Waals surface area contributed by atoms with E-state index in [2.05, 4.69) is 0 Å². The van der Waals surface area contributed by atoms with E-state index in [-0.39, 0.29) is 4.90 Å². The molecule has 0 radical (unpaired) electrons. The van der Waals surface area contributed by atoms with E-state index < -0.39 is 34.4 Å². The topological polar surface area (TPSA) is 127 Å². The molecule has 1 amide bonds. The van der Waals surface area contributed by atoms with Crippen molar-refractivity contribution < 1.29 is 23.1 Å². The number of carbonyl (C=O) groups is 2. The Labute approximate surface area is 114 Å². The van der Waals surface area contributed by atoms with Crippen LogP contribution >= 0.6 is 11.6 Å². The molecule has 104 valence electrons. The summed E-state index contributed by atoms with van der Waals surface area (Å²) in [4.78, 5) is 21.4. The number of carbonyl (C=O) groups excluding carboxylic acids is 1. The molecule has 4 N–H and O–H groups in total. The third-order valence-corrected chi connectivity index (χ3v) is 3.86. The highest BCUT2D eigenvalue weighted by atomic mass is 35.5. The van der Waals surface area contributed by atoms with Crippen LogP contribution in [0.15, 0.2) is 29.2 Å². The minimum Gasteiger partial charge on any atom is -0.480 e. The number of aliphatic carboxylic acids is 1. The van der Waals surface area contributed by atoms with Crippen molar-refractivity contribution in [3.63, 3.8) is 0 Å². The summed E-state index contributed by atoms with van der Waals surface area (Å²) in [5.41, 5.74) is 4.85. The van der Waals surface area contributed by atoms with Crippen LogP contribution in [0.3, 0.4) is 0 Å². The highest BCUT2D eigenvalue weighted by Gasteiger charge is 2.26. The van der Waals surface area contributed by atoms with E-state index in [9.17, 15) is 18.0 Å². The zero-order chi connectivity index (χ0) is 14.6. The number of halogens is 1. The third-order valence-electron chi connectivity index (χ3n) is 2.12. The molecule has 1 aromatic carbocycles. The summed E-state index contributed by atoms with van der Waals surface area (Å²) in [7, 11) is -4.06. The summed E-state index contributed by atoms with van der Waals surface area (Å²) in [6.45, 7) is 0. The van der Waals surface area contributed by atoms with Crippen molar-refractivity contribution in [1.82, 2.24) is 4.72 Å². The molecule has 0 aliphatic heterocycles. The number of hydrogen-bond acceptors (Lipinski definition) is 4. The lowest BCUT2D eigenvalue weighted by atomic mass is 10.2.